The minimum atomic E-state index is -0.160. The highest BCUT2D eigenvalue weighted by molar-refractivity contribution is 5.97. The Morgan fingerprint density at radius 3 is 2.52 bits per heavy atom. The van der Waals surface area contributed by atoms with Crippen LogP contribution in [-0.2, 0) is 22.3 Å². The molecule has 0 saturated heterocycles. The van der Waals surface area contributed by atoms with Crippen LogP contribution < -0.4 is 15.8 Å². The van der Waals surface area contributed by atoms with Gasteiger partial charge in [0.2, 0.25) is 5.88 Å². The van der Waals surface area contributed by atoms with Gasteiger partial charge in [-0.1, -0.05) is 37.3 Å². The fraction of sp³-hybridized carbons (Fsp3) is 0.323. The summed E-state index contributed by atoms with van der Waals surface area (Å²) >= 11 is 0. The van der Waals surface area contributed by atoms with Crippen LogP contribution in [0.3, 0.4) is 0 Å². The number of nitrogens with two attached hydrogens (primary N) is 1. The van der Waals surface area contributed by atoms with E-state index in [1.54, 1.807) is 12.3 Å². The maximum Gasteiger partial charge on any atom is 0.251 e. The van der Waals surface area contributed by atoms with Crippen LogP contribution in [0.25, 0.3) is 10.8 Å². The summed E-state index contributed by atoms with van der Waals surface area (Å²) in [7, 11) is 0. The first kappa shape index (κ1) is 28.9. The van der Waals surface area contributed by atoms with Crippen LogP contribution in [0, 0.1) is 0 Å². The van der Waals surface area contributed by atoms with Crippen molar-refractivity contribution < 1.29 is 24.1 Å². The molecule has 210 valence electrons. The number of hydrogen-bond acceptors (Lipinski definition) is 8. The van der Waals surface area contributed by atoms with Crippen LogP contribution in [0.2, 0.25) is 0 Å². The number of nitrogens with zero attached hydrogens (tertiary/aromatic N) is 2. The third kappa shape index (κ3) is 8.22. The average molecular weight is 545 g/mol. The molecule has 1 amide bonds. The predicted octanol–water partition coefficient (Wildman–Crippen LogP) is 4.30. The molecule has 4 N–H and O–H groups in total. The van der Waals surface area contributed by atoms with Crippen molar-refractivity contribution >= 4 is 22.4 Å². The van der Waals surface area contributed by atoms with Gasteiger partial charge in [0.1, 0.15) is 11.6 Å². The normalized spacial score (nSPS) is 11.1. The number of fused-ring (bicyclic) bond motifs is 1. The van der Waals surface area contributed by atoms with Crippen LogP contribution >= 0.6 is 0 Å². The Bertz CT molecular complexity index is 1410. The lowest BCUT2D eigenvalue weighted by atomic mass is 10.0. The van der Waals surface area contributed by atoms with Crippen LogP contribution in [0.4, 0.5) is 5.69 Å². The summed E-state index contributed by atoms with van der Waals surface area (Å²) in [6.07, 6.45) is 3.53. The molecule has 0 aliphatic carbocycles. The lowest BCUT2D eigenvalue weighted by Crippen LogP contribution is -2.28. The molecule has 4 aromatic rings. The fourth-order valence-electron chi connectivity index (χ4n) is 4.23. The molecule has 0 saturated carbocycles. The van der Waals surface area contributed by atoms with E-state index in [1.165, 1.54) is 0 Å². The molecule has 0 aliphatic rings. The van der Waals surface area contributed by atoms with Gasteiger partial charge in [-0.25, -0.2) is 4.98 Å². The number of benzene rings is 3. The summed E-state index contributed by atoms with van der Waals surface area (Å²) in [5, 5.41) is 13.5. The van der Waals surface area contributed by atoms with E-state index in [4.69, 9.17) is 25.1 Å². The Morgan fingerprint density at radius 2 is 1.73 bits per heavy atom. The number of aliphatic hydroxyl groups excluding tert-OH is 1. The Balaban J connectivity index is 1.37. The van der Waals surface area contributed by atoms with Gasteiger partial charge < -0.3 is 30.4 Å². The van der Waals surface area contributed by atoms with E-state index in [-0.39, 0.29) is 12.5 Å². The molecular weight excluding hydrogens is 508 g/mol. The monoisotopic (exact) mass is 544 g/mol. The largest absolute Gasteiger partial charge is 0.438 e. The molecule has 0 bridgehead atoms. The van der Waals surface area contributed by atoms with Crippen LogP contribution in [0.1, 0.15) is 40.7 Å². The summed E-state index contributed by atoms with van der Waals surface area (Å²) < 4.78 is 16.9. The average Bonchev–Trinajstić information content (AvgIpc) is 2.98. The number of rotatable bonds is 15. The van der Waals surface area contributed by atoms with Gasteiger partial charge in [-0.15, -0.1) is 0 Å². The second-order valence-electron chi connectivity index (χ2n) is 9.24. The number of aromatic nitrogens is 2. The first-order chi connectivity index (χ1) is 19.6. The van der Waals surface area contributed by atoms with Gasteiger partial charge in [-0.3, -0.25) is 4.79 Å². The molecule has 0 unspecified atom stereocenters. The minimum Gasteiger partial charge on any atom is -0.438 e. The number of carbonyl (C=O) groups is 1. The van der Waals surface area contributed by atoms with Crippen molar-refractivity contribution in [3.8, 4) is 11.6 Å². The van der Waals surface area contributed by atoms with Gasteiger partial charge in [-0.2, -0.15) is 4.98 Å². The number of aliphatic hydroxyl groups is 1. The zero-order chi connectivity index (χ0) is 28.2. The summed E-state index contributed by atoms with van der Waals surface area (Å²) in [6, 6.07) is 19.0. The Hall–Kier alpha value is -4.05. The standard InChI is InChI=1S/C31H36N4O5/c1-2-22-18-23(20-24(19-22)31(37)34-12-15-39-17-16-38-14-5-13-36)21-29-33-11-10-30(35-29)40-28-9-8-27(32)25-6-3-4-7-26(25)28/h3-4,6-11,18-20,36H,2,5,12-17,21,32H2,1H3,(H,34,37). The summed E-state index contributed by atoms with van der Waals surface area (Å²) in [5.41, 5.74) is 9.39. The second kappa shape index (κ2) is 14.9. The van der Waals surface area contributed by atoms with Crippen molar-refractivity contribution in [1.82, 2.24) is 15.3 Å². The zero-order valence-corrected chi connectivity index (χ0v) is 22.8. The third-order valence-corrected chi connectivity index (χ3v) is 6.25. The van der Waals surface area contributed by atoms with Crippen molar-refractivity contribution in [1.29, 1.82) is 0 Å². The van der Waals surface area contributed by atoms with E-state index < -0.39 is 0 Å². The maximum atomic E-state index is 12.8. The number of amides is 1. The van der Waals surface area contributed by atoms with E-state index in [0.29, 0.717) is 74.5 Å². The zero-order valence-electron chi connectivity index (χ0n) is 22.8. The predicted molar refractivity (Wildman–Crippen MR) is 155 cm³/mol. The molecule has 1 heterocycles. The molecule has 9 heteroatoms. The van der Waals surface area contributed by atoms with Crippen molar-refractivity contribution in [3.63, 3.8) is 0 Å². The highest BCUT2D eigenvalue weighted by Gasteiger charge is 2.12. The SMILES string of the molecule is CCc1cc(Cc2nccc(Oc3ccc(N)c4ccccc34)n2)cc(C(=O)NCCOCCOCCCO)c1. The van der Waals surface area contributed by atoms with E-state index >= 15 is 0 Å². The molecular formula is C31H36N4O5. The lowest BCUT2D eigenvalue weighted by Gasteiger charge is -2.12. The number of nitrogens with one attached hydrogen (secondary N) is 1. The van der Waals surface area contributed by atoms with E-state index in [0.717, 1.165) is 28.3 Å². The molecule has 0 atom stereocenters. The van der Waals surface area contributed by atoms with Crippen molar-refractivity contribution in [2.75, 3.05) is 45.3 Å². The van der Waals surface area contributed by atoms with E-state index in [1.807, 2.05) is 48.5 Å². The molecule has 0 fully saturated rings. The number of ether oxygens (including phenoxy) is 3. The van der Waals surface area contributed by atoms with Crippen molar-refractivity contribution in [2.24, 2.45) is 0 Å². The van der Waals surface area contributed by atoms with Gasteiger partial charge in [0.15, 0.2) is 0 Å². The summed E-state index contributed by atoms with van der Waals surface area (Å²) in [6.45, 7) is 4.36. The van der Waals surface area contributed by atoms with Gasteiger partial charge >= 0.3 is 0 Å². The van der Waals surface area contributed by atoms with Gasteiger partial charge in [-0.05, 0) is 48.2 Å². The maximum absolute atomic E-state index is 12.8. The number of carbonyl (C=O) groups excluding carboxylic acids is 1. The Morgan fingerprint density at radius 1 is 0.950 bits per heavy atom. The molecule has 4 rings (SSSR count). The van der Waals surface area contributed by atoms with E-state index in [2.05, 4.69) is 28.3 Å². The molecule has 0 aliphatic heterocycles. The fourth-order valence-corrected chi connectivity index (χ4v) is 4.23. The van der Waals surface area contributed by atoms with E-state index in [9.17, 15) is 4.79 Å². The van der Waals surface area contributed by atoms with Gasteiger partial charge in [0.05, 0.1) is 19.8 Å². The topological polar surface area (TPSA) is 129 Å². The van der Waals surface area contributed by atoms with Crippen LogP contribution in [0.15, 0.2) is 66.9 Å². The lowest BCUT2D eigenvalue weighted by molar-refractivity contribution is 0.0432. The Kier molecular flexibility index (Phi) is 10.8. The van der Waals surface area contributed by atoms with Gasteiger partial charge in [0, 0.05) is 60.5 Å². The molecule has 40 heavy (non-hydrogen) atoms. The highest BCUT2D eigenvalue weighted by atomic mass is 16.5. The molecule has 1 aromatic heterocycles. The molecule has 0 spiro atoms. The minimum absolute atomic E-state index is 0.115. The number of anilines is 1. The van der Waals surface area contributed by atoms with Crippen molar-refractivity contribution in [3.05, 3.63) is 89.4 Å². The second-order valence-corrected chi connectivity index (χ2v) is 9.24. The number of nitrogen functional groups attached to an aromatic ring is 1. The smallest absolute Gasteiger partial charge is 0.251 e. The van der Waals surface area contributed by atoms with Crippen LogP contribution in [0.5, 0.6) is 11.6 Å². The molecule has 0 radical (unpaired) electrons. The summed E-state index contributed by atoms with van der Waals surface area (Å²) in [5.74, 6) is 1.53. The number of hydrogen-bond donors (Lipinski definition) is 3. The molecule has 9 nitrogen and oxygen atoms in total. The number of aryl methyl sites for hydroxylation is 1. The first-order valence-corrected chi connectivity index (χ1v) is 13.5. The van der Waals surface area contributed by atoms with Gasteiger partial charge in [0.25, 0.3) is 5.91 Å². The summed E-state index contributed by atoms with van der Waals surface area (Å²) in [4.78, 5) is 21.9. The quantitative estimate of drug-likeness (QED) is 0.149. The van der Waals surface area contributed by atoms with Crippen LogP contribution in [-0.4, -0.2) is 60.6 Å². The highest BCUT2D eigenvalue weighted by Crippen LogP contribution is 2.32. The molecule has 3 aromatic carbocycles. The third-order valence-electron chi connectivity index (χ3n) is 6.25. The van der Waals surface area contributed by atoms with Crippen molar-refractivity contribution in [2.45, 2.75) is 26.2 Å². The Labute approximate surface area is 234 Å². The first-order valence-electron chi connectivity index (χ1n) is 13.5.